The maximum Gasteiger partial charge on any atom is 0.129 e. The fourth-order valence-corrected chi connectivity index (χ4v) is 1.69. The van der Waals surface area contributed by atoms with Crippen molar-refractivity contribution in [3.8, 4) is 0 Å². The number of epoxide rings is 1. The van der Waals surface area contributed by atoms with Crippen molar-refractivity contribution in [2.45, 2.75) is 70.8 Å². The van der Waals surface area contributed by atoms with E-state index < -0.39 is 6.17 Å². The maximum atomic E-state index is 13.2. The highest BCUT2D eigenvalue weighted by Gasteiger charge is 2.41. The van der Waals surface area contributed by atoms with Gasteiger partial charge in [0.05, 0.1) is 6.10 Å². The Balaban J connectivity index is 1.87. The summed E-state index contributed by atoms with van der Waals surface area (Å²) >= 11 is 0. The van der Waals surface area contributed by atoms with E-state index >= 15 is 0 Å². The van der Waals surface area contributed by atoms with Gasteiger partial charge in [-0.05, 0) is 13.3 Å². The van der Waals surface area contributed by atoms with Gasteiger partial charge in [-0.15, -0.1) is 0 Å². The molecule has 0 aliphatic carbocycles. The summed E-state index contributed by atoms with van der Waals surface area (Å²) in [6, 6.07) is 0. The summed E-state index contributed by atoms with van der Waals surface area (Å²) in [5, 5.41) is 0. The van der Waals surface area contributed by atoms with Gasteiger partial charge < -0.3 is 4.74 Å². The average molecular weight is 188 g/mol. The van der Waals surface area contributed by atoms with E-state index in [0.29, 0.717) is 6.42 Å². The summed E-state index contributed by atoms with van der Waals surface area (Å²) in [6.07, 6.45) is 6.06. The second kappa shape index (κ2) is 5.58. The Morgan fingerprint density at radius 2 is 1.85 bits per heavy atom. The molecule has 0 bridgehead atoms. The highest BCUT2D eigenvalue weighted by atomic mass is 19.1. The number of unbranched alkanes of at least 4 members (excludes halogenated alkanes) is 4. The zero-order chi connectivity index (χ0) is 9.68. The first-order valence-electron chi connectivity index (χ1n) is 5.55. The molecule has 0 aromatic carbocycles. The quantitative estimate of drug-likeness (QED) is 0.440. The van der Waals surface area contributed by atoms with Crippen LogP contribution in [0.4, 0.5) is 4.39 Å². The van der Waals surface area contributed by atoms with Crippen molar-refractivity contribution in [2.75, 3.05) is 0 Å². The molecule has 0 spiro atoms. The van der Waals surface area contributed by atoms with Crippen LogP contribution in [-0.4, -0.2) is 18.4 Å². The van der Waals surface area contributed by atoms with Crippen LogP contribution < -0.4 is 0 Å². The molecule has 0 N–H and O–H groups in total. The topological polar surface area (TPSA) is 12.5 Å². The molecule has 0 amide bonds. The van der Waals surface area contributed by atoms with Gasteiger partial charge in [-0.2, -0.15) is 0 Å². The third-order valence-electron chi connectivity index (χ3n) is 2.70. The first-order valence-corrected chi connectivity index (χ1v) is 5.55. The normalized spacial score (nSPS) is 28.8. The van der Waals surface area contributed by atoms with Gasteiger partial charge in [0.1, 0.15) is 12.3 Å². The van der Waals surface area contributed by atoms with E-state index in [4.69, 9.17) is 4.74 Å². The van der Waals surface area contributed by atoms with Crippen LogP contribution in [0.3, 0.4) is 0 Å². The second-order valence-corrected chi connectivity index (χ2v) is 4.02. The fraction of sp³-hybridized carbons (Fsp3) is 1.00. The van der Waals surface area contributed by atoms with Gasteiger partial charge in [0.25, 0.3) is 0 Å². The van der Waals surface area contributed by atoms with E-state index in [1.807, 2.05) is 6.92 Å². The maximum absolute atomic E-state index is 13.2. The van der Waals surface area contributed by atoms with Gasteiger partial charge in [-0.25, -0.2) is 4.39 Å². The molecule has 1 saturated heterocycles. The van der Waals surface area contributed by atoms with E-state index in [1.54, 1.807) is 0 Å². The van der Waals surface area contributed by atoms with Crippen molar-refractivity contribution in [1.82, 2.24) is 0 Å². The minimum absolute atomic E-state index is 0.0776. The number of hydrogen-bond donors (Lipinski definition) is 0. The molecule has 3 atom stereocenters. The summed E-state index contributed by atoms with van der Waals surface area (Å²) in [5.74, 6) is 0. The number of halogens is 1. The van der Waals surface area contributed by atoms with Gasteiger partial charge in [-0.1, -0.05) is 39.0 Å². The van der Waals surface area contributed by atoms with Gasteiger partial charge in [0.2, 0.25) is 0 Å². The van der Waals surface area contributed by atoms with Crippen LogP contribution in [-0.2, 0) is 4.74 Å². The van der Waals surface area contributed by atoms with Crippen LogP contribution in [0.2, 0.25) is 0 Å². The predicted molar refractivity (Wildman–Crippen MR) is 52.6 cm³/mol. The fourth-order valence-electron chi connectivity index (χ4n) is 1.69. The number of alkyl halides is 1. The Morgan fingerprint density at radius 3 is 2.38 bits per heavy atom. The summed E-state index contributed by atoms with van der Waals surface area (Å²) in [7, 11) is 0. The van der Waals surface area contributed by atoms with Gasteiger partial charge >= 0.3 is 0 Å². The molecule has 0 aromatic heterocycles. The molecule has 78 valence electrons. The first kappa shape index (κ1) is 11.0. The molecule has 1 heterocycles. The third kappa shape index (κ3) is 4.08. The van der Waals surface area contributed by atoms with Crippen LogP contribution >= 0.6 is 0 Å². The molecule has 3 unspecified atom stereocenters. The average Bonchev–Trinajstić information content (AvgIpc) is 2.82. The van der Waals surface area contributed by atoms with Crippen LogP contribution in [0.5, 0.6) is 0 Å². The number of ether oxygens (including phenoxy) is 1. The Kier molecular flexibility index (Phi) is 4.71. The van der Waals surface area contributed by atoms with Crippen molar-refractivity contribution in [3.63, 3.8) is 0 Å². The molecule has 0 aromatic rings. The second-order valence-electron chi connectivity index (χ2n) is 4.02. The summed E-state index contributed by atoms with van der Waals surface area (Å²) in [4.78, 5) is 0. The predicted octanol–water partition coefficient (Wildman–Crippen LogP) is 3.47. The largest absolute Gasteiger partial charge is 0.367 e. The molecule has 1 nitrogen and oxygen atoms in total. The molecule has 13 heavy (non-hydrogen) atoms. The Morgan fingerprint density at radius 1 is 1.23 bits per heavy atom. The third-order valence-corrected chi connectivity index (χ3v) is 2.70. The van der Waals surface area contributed by atoms with E-state index in [9.17, 15) is 4.39 Å². The molecule has 2 heteroatoms. The van der Waals surface area contributed by atoms with E-state index in [2.05, 4.69) is 6.92 Å². The zero-order valence-corrected chi connectivity index (χ0v) is 8.76. The van der Waals surface area contributed by atoms with Crippen molar-refractivity contribution in [1.29, 1.82) is 0 Å². The molecule has 1 fully saturated rings. The van der Waals surface area contributed by atoms with Crippen molar-refractivity contribution in [2.24, 2.45) is 0 Å². The van der Waals surface area contributed by atoms with Gasteiger partial charge in [-0.3, -0.25) is 0 Å². The Bertz CT molecular complexity index is 138. The van der Waals surface area contributed by atoms with Crippen LogP contribution in [0.25, 0.3) is 0 Å². The van der Waals surface area contributed by atoms with Crippen molar-refractivity contribution < 1.29 is 9.13 Å². The summed E-state index contributed by atoms with van der Waals surface area (Å²) in [6.45, 7) is 4.13. The lowest BCUT2D eigenvalue weighted by Crippen LogP contribution is -2.10. The highest BCUT2D eigenvalue weighted by Crippen LogP contribution is 2.29. The van der Waals surface area contributed by atoms with E-state index in [-0.39, 0.29) is 12.2 Å². The standard InChI is InChI=1S/C11H21FO/c1-3-4-5-6-7-8-10(12)11-9(2)13-11/h9-11H,3-8H2,1-2H3. The first-order chi connectivity index (χ1) is 6.25. The summed E-state index contributed by atoms with van der Waals surface area (Å²) < 4.78 is 18.3. The number of rotatable bonds is 7. The molecular weight excluding hydrogens is 167 g/mol. The lowest BCUT2D eigenvalue weighted by molar-refractivity contribution is 0.230. The van der Waals surface area contributed by atoms with E-state index in [1.165, 1.54) is 25.7 Å². The zero-order valence-electron chi connectivity index (χ0n) is 8.76. The van der Waals surface area contributed by atoms with Crippen molar-refractivity contribution in [3.05, 3.63) is 0 Å². The highest BCUT2D eigenvalue weighted by molar-refractivity contribution is 4.87. The van der Waals surface area contributed by atoms with E-state index in [0.717, 1.165) is 6.42 Å². The van der Waals surface area contributed by atoms with Crippen LogP contribution in [0.15, 0.2) is 0 Å². The minimum Gasteiger partial charge on any atom is -0.367 e. The lowest BCUT2D eigenvalue weighted by Gasteiger charge is -2.03. The van der Waals surface area contributed by atoms with Crippen molar-refractivity contribution >= 4 is 0 Å². The molecule has 1 aliphatic rings. The minimum atomic E-state index is -0.711. The molecule has 1 aliphatic heterocycles. The SMILES string of the molecule is CCCCCCCC(F)C1OC1C. The van der Waals surface area contributed by atoms with Crippen LogP contribution in [0.1, 0.15) is 52.4 Å². The Labute approximate surface area is 80.7 Å². The lowest BCUT2D eigenvalue weighted by atomic mass is 10.1. The smallest absolute Gasteiger partial charge is 0.129 e. The van der Waals surface area contributed by atoms with Crippen LogP contribution in [0, 0.1) is 0 Å². The van der Waals surface area contributed by atoms with Gasteiger partial charge in [0, 0.05) is 0 Å². The molecular formula is C11H21FO. The number of hydrogen-bond acceptors (Lipinski definition) is 1. The molecule has 0 saturated carbocycles. The Hall–Kier alpha value is -0.110. The van der Waals surface area contributed by atoms with Gasteiger partial charge in [0.15, 0.2) is 0 Å². The monoisotopic (exact) mass is 188 g/mol. The molecule has 1 rings (SSSR count). The molecule has 0 radical (unpaired) electrons. The summed E-state index contributed by atoms with van der Waals surface area (Å²) in [5.41, 5.74) is 0.